The Bertz CT molecular complexity index is 687. The Morgan fingerprint density at radius 3 is 2.91 bits per heavy atom. The summed E-state index contributed by atoms with van der Waals surface area (Å²) in [4.78, 5) is 13.3. The number of carbonyl (C=O) groups excluding carboxylic acids is 1. The van der Waals surface area contributed by atoms with Gasteiger partial charge in [0.2, 0.25) is 11.7 Å². The molecule has 7 heteroatoms. The minimum absolute atomic E-state index is 0.00925. The molecule has 6 nitrogen and oxygen atoms in total. The second kappa shape index (κ2) is 6.85. The maximum Gasteiger partial charge on any atom is 0.243 e. The van der Waals surface area contributed by atoms with Crippen LogP contribution in [0, 0.1) is 11.7 Å². The molecule has 1 aliphatic rings. The van der Waals surface area contributed by atoms with Crippen molar-refractivity contribution in [3.8, 4) is 11.4 Å². The zero-order valence-electron chi connectivity index (χ0n) is 13.1. The lowest BCUT2D eigenvalue weighted by atomic mass is 9.86. The average Bonchev–Trinajstić information content (AvgIpc) is 2.98. The number of aromatic nitrogens is 4. The van der Waals surface area contributed by atoms with Crippen LogP contribution in [0.5, 0.6) is 0 Å². The molecule has 1 saturated carbocycles. The summed E-state index contributed by atoms with van der Waals surface area (Å²) in [5, 5.41) is 14.8. The van der Waals surface area contributed by atoms with Gasteiger partial charge in [-0.3, -0.25) is 4.79 Å². The molecule has 1 aliphatic carbocycles. The largest absolute Gasteiger partial charge is 0.351 e. The smallest absolute Gasteiger partial charge is 0.243 e. The van der Waals surface area contributed by atoms with Gasteiger partial charge in [0.1, 0.15) is 12.4 Å². The first kappa shape index (κ1) is 15.6. The van der Waals surface area contributed by atoms with E-state index in [1.165, 1.54) is 17.3 Å². The fourth-order valence-corrected chi connectivity index (χ4v) is 2.97. The number of amides is 1. The van der Waals surface area contributed by atoms with Crippen LogP contribution in [0.2, 0.25) is 0 Å². The molecule has 1 amide bonds. The minimum atomic E-state index is -0.410. The molecule has 23 heavy (non-hydrogen) atoms. The molecule has 0 radical (unpaired) electrons. The molecule has 1 aromatic heterocycles. The second-order valence-corrected chi connectivity index (χ2v) is 6.06. The lowest BCUT2D eigenvalue weighted by Gasteiger charge is -2.29. The van der Waals surface area contributed by atoms with Gasteiger partial charge in [-0.05, 0) is 36.1 Å². The predicted molar refractivity (Wildman–Crippen MR) is 82.8 cm³/mol. The molecule has 0 unspecified atom stereocenters. The lowest BCUT2D eigenvalue weighted by molar-refractivity contribution is -0.123. The van der Waals surface area contributed by atoms with Crippen molar-refractivity contribution >= 4 is 5.91 Å². The molecule has 0 saturated heterocycles. The van der Waals surface area contributed by atoms with Crippen molar-refractivity contribution in [2.24, 2.45) is 5.92 Å². The fourth-order valence-electron chi connectivity index (χ4n) is 2.97. The summed E-state index contributed by atoms with van der Waals surface area (Å²) < 4.78 is 13.7. The zero-order chi connectivity index (χ0) is 16.2. The molecule has 0 spiro atoms. The molecule has 1 aromatic carbocycles. The number of hydrogen-bond donors (Lipinski definition) is 1. The normalized spacial score (nSPS) is 21.1. The molecule has 1 N–H and O–H groups in total. The highest BCUT2D eigenvalue weighted by molar-refractivity contribution is 5.75. The van der Waals surface area contributed by atoms with E-state index in [0.29, 0.717) is 5.92 Å². The summed E-state index contributed by atoms with van der Waals surface area (Å²) in [6, 6.07) is 6.44. The van der Waals surface area contributed by atoms with Gasteiger partial charge in [-0.2, -0.15) is 4.80 Å². The number of carbonyl (C=O) groups is 1. The predicted octanol–water partition coefficient (Wildman–Crippen LogP) is 2.17. The maximum absolute atomic E-state index is 13.7. The first-order chi connectivity index (χ1) is 11.1. The monoisotopic (exact) mass is 317 g/mol. The summed E-state index contributed by atoms with van der Waals surface area (Å²) in [6.07, 6.45) is 4.53. The van der Waals surface area contributed by atoms with Gasteiger partial charge in [0, 0.05) is 6.04 Å². The number of nitrogens with one attached hydrogen (secondary N) is 1. The number of hydrogen-bond acceptors (Lipinski definition) is 4. The Labute approximate surface area is 134 Å². The highest BCUT2D eigenvalue weighted by Crippen LogP contribution is 2.23. The van der Waals surface area contributed by atoms with Crippen LogP contribution in [0.3, 0.4) is 0 Å². The Balaban J connectivity index is 1.62. The Morgan fingerprint density at radius 2 is 2.13 bits per heavy atom. The third-order valence-corrected chi connectivity index (χ3v) is 4.31. The van der Waals surface area contributed by atoms with E-state index in [9.17, 15) is 9.18 Å². The lowest BCUT2D eigenvalue weighted by Crippen LogP contribution is -2.42. The van der Waals surface area contributed by atoms with Gasteiger partial charge in [0.25, 0.3) is 0 Å². The van der Waals surface area contributed by atoms with Crippen molar-refractivity contribution in [1.29, 1.82) is 0 Å². The van der Waals surface area contributed by atoms with Crippen LogP contribution in [-0.4, -0.2) is 32.2 Å². The topological polar surface area (TPSA) is 72.7 Å². The van der Waals surface area contributed by atoms with E-state index in [-0.39, 0.29) is 29.9 Å². The molecule has 122 valence electrons. The van der Waals surface area contributed by atoms with Gasteiger partial charge in [-0.1, -0.05) is 31.9 Å². The van der Waals surface area contributed by atoms with Crippen LogP contribution in [-0.2, 0) is 11.3 Å². The Hall–Kier alpha value is -2.31. The summed E-state index contributed by atoms with van der Waals surface area (Å²) in [5.74, 6) is 0.126. The molecule has 2 aromatic rings. The van der Waals surface area contributed by atoms with E-state index >= 15 is 0 Å². The summed E-state index contributed by atoms with van der Waals surface area (Å²) in [7, 11) is 0. The van der Waals surface area contributed by atoms with E-state index in [2.05, 4.69) is 27.7 Å². The van der Waals surface area contributed by atoms with Crippen molar-refractivity contribution in [3.05, 3.63) is 30.1 Å². The standard InChI is InChI=1S/C16H20FN5O/c1-11-6-2-5-9-14(11)18-15(23)10-22-20-16(19-21-22)12-7-3-4-8-13(12)17/h3-4,7-8,11,14H,2,5-6,9-10H2,1H3,(H,18,23)/t11-,14+/m0/s1. The third-order valence-electron chi connectivity index (χ3n) is 4.31. The van der Waals surface area contributed by atoms with Gasteiger partial charge in [0.15, 0.2) is 0 Å². The van der Waals surface area contributed by atoms with Crippen molar-refractivity contribution in [2.75, 3.05) is 0 Å². The highest BCUT2D eigenvalue weighted by atomic mass is 19.1. The van der Waals surface area contributed by atoms with Crippen LogP contribution in [0.1, 0.15) is 32.6 Å². The van der Waals surface area contributed by atoms with Crippen molar-refractivity contribution in [3.63, 3.8) is 0 Å². The van der Waals surface area contributed by atoms with Gasteiger partial charge in [0.05, 0.1) is 5.56 Å². The van der Waals surface area contributed by atoms with Crippen molar-refractivity contribution in [1.82, 2.24) is 25.5 Å². The first-order valence-corrected chi connectivity index (χ1v) is 7.95. The van der Waals surface area contributed by atoms with Crippen molar-refractivity contribution < 1.29 is 9.18 Å². The SMILES string of the molecule is C[C@H]1CCCC[C@H]1NC(=O)Cn1nnc(-c2ccccc2F)n1. The van der Waals surface area contributed by atoms with Crippen LogP contribution < -0.4 is 5.32 Å². The number of halogens is 1. The van der Waals surface area contributed by atoms with Crippen molar-refractivity contribution in [2.45, 2.75) is 45.2 Å². The number of tetrazole rings is 1. The van der Waals surface area contributed by atoms with E-state index in [1.54, 1.807) is 18.2 Å². The minimum Gasteiger partial charge on any atom is -0.351 e. The molecule has 2 atom stereocenters. The summed E-state index contributed by atoms with van der Waals surface area (Å²) in [6.45, 7) is 2.15. The molecular formula is C16H20FN5O. The molecular weight excluding hydrogens is 297 g/mol. The number of nitrogens with zero attached hydrogens (tertiary/aromatic N) is 4. The Kier molecular flexibility index (Phi) is 4.64. The van der Waals surface area contributed by atoms with Crippen LogP contribution in [0.15, 0.2) is 24.3 Å². The molecule has 0 aliphatic heterocycles. The highest BCUT2D eigenvalue weighted by Gasteiger charge is 2.23. The number of benzene rings is 1. The number of rotatable bonds is 4. The van der Waals surface area contributed by atoms with Gasteiger partial charge >= 0.3 is 0 Å². The molecule has 1 heterocycles. The van der Waals surface area contributed by atoms with E-state index in [1.807, 2.05) is 0 Å². The van der Waals surface area contributed by atoms with Crippen LogP contribution >= 0.6 is 0 Å². The molecule has 1 fully saturated rings. The quantitative estimate of drug-likeness (QED) is 0.938. The average molecular weight is 317 g/mol. The summed E-state index contributed by atoms with van der Waals surface area (Å²) >= 11 is 0. The van der Waals surface area contributed by atoms with E-state index in [4.69, 9.17) is 0 Å². The van der Waals surface area contributed by atoms with Gasteiger partial charge in [-0.25, -0.2) is 4.39 Å². The molecule has 3 rings (SSSR count). The first-order valence-electron chi connectivity index (χ1n) is 7.95. The van der Waals surface area contributed by atoms with E-state index in [0.717, 1.165) is 19.3 Å². The zero-order valence-corrected chi connectivity index (χ0v) is 13.1. The molecule has 0 bridgehead atoms. The van der Waals surface area contributed by atoms with Gasteiger partial charge < -0.3 is 5.32 Å². The third kappa shape index (κ3) is 3.72. The maximum atomic E-state index is 13.7. The van der Waals surface area contributed by atoms with E-state index < -0.39 is 5.82 Å². The Morgan fingerprint density at radius 1 is 1.35 bits per heavy atom. The fraction of sp³-hybridized carbons (Fsp3) is 0.500. The summed E-state index contributed by atoms with van der Waals surface area (Å²) in [5.41, 5.74) is 0.278. The second-order valence-electron chi connectivity index (χ2n) is 6.06. The van der Waals surface area contributed by atoms with Crippen LogP contribution in [0.4, 0.5) is 4.39 Å². The van der Waals surface area contributed by atoms with Gasteiger partial charge in [-0.15, -0.1) is 10.2 Å². The van der Waals surface area contributed by atoms with Crippen LogP contribution in [0.25, 0.3) is 11.4 Å².